The van der Waals surface area contributed by atoms with E-state index in [0.717, 1.165) is 11.1 Å². The van der Waals surface area contributed by atoms with Crippen molar-refractivity contribution in [3.63, 3.8) is 0 Å². The zero-order valence-corrected chi connectivity index (χ0v) is 10.7. The highest BCUT2D eigenvalue weighted by Crippen LogP contribution is 2.40. The third-order valence-electron chi connectivity index (χ3n) is 3.15. The smallest absolute Gasteiger partial charge is 0.257 e. The van der Waals surface area contributed by atoms with Gasteiger partial charge in [-0.2, -0.15) is 0 Å². The molecular formula is C14H12N2O4. The van der Waals surface area contributed by atoms with E-state index in [1.165, 1.54) is 0 Å². The van der Waals surface area contributed by atoms with E-state index < -0.39 is 0 Å². The topological polar surface area (TPSA) is 62.7 Å². The quantitative estimate of drug-likeness (QED) is 0.787. The van der Waals surface area contributed by atoms with Gasteiger partial charge in [0.25, 0.3) is 11.8 Å². The number of aromatic nitrogens is 2. The summed E-state index contributed by atoms with van der Waals surface area (Å²) >= 11 is 0. The monoisotopic (exact) mass is 272 g/mol. The van der Waals surface area contributed by atoms with E-state index in [1.807, 2.05) is 12.1 Å². The Morgan fingerprint density at radius 1 is 0.850 bits per heavy atom. The van der Waals surface area contributed by atoms with Crippen molar-refractivity contribution < 1.29 is 18.9 Å². The molecule has 0 aromatic carbocycles. The molecule has 0 bridgehead atoms. The van der Waals surface area contributed by atoms with E-state index in [4.69, 9.17) is 18.9 Å². The Balaban J connectivity index is 1.81. The molecule has 0 saturated carbocycles. The first-order chi connectivity index (χ1) is 9.92. The van der Waals surface area contributed by atoms with Crippen molar-refractivity contribution in [3.8, 4) is 34.4 Å². The fourth-order valence-corrected chi connectivity index (χ4v) is 2.26. The minimum atomic E-state index is 0.517. The number of hydrogen-bond donors (Lipinski definition) is 0. The fraction of sp³-hybridized carbons (Fsp3) is 0.286. The number of hydrogen-bond acceptors (Lipinski definition) is 6. The van der Waals surface area contributed by atoms with Gasteiger partial charge in [0.2, 0.25) is 0 Å². The molecule has 0 unspecified atom stereocenters. The second-order valence-electron chi connectivity index (χ2n) is 4.41. The first-order valence-electron chi connectivity index (χ1n) is 6.42. The van der Waals surface area contributed by atoms with Gasteiger partial charge in [-0.15, -0.1) is 0 Å². The van der Waals surface area contributed by atoms with Gasteiger partial charge in [0.1, 0.15) is 26.4 Å². The number of ether oxygens (including phenoxy) is 4. The van der Waals surface area contributed by atoms with Gasteiger partial charge in [0.15, 0.2) is 11.5 Å². The SMILES string of the molecule is c1cc(-c2cnc3c(c2)OCCO3)c2c(n1)OCCO2. The van der Waals surface area contributed by atoms with E-state index in [-0.39, 0.29) is 0 Å². The molecule has 6 heteroatoms. The highest BCUT2D eigenvalue weighted by molar-refractivity contribution is 5.73. The first kappa shape index (κ1) is 11.3. The number of fused-ring (bicyclic) bond motifs is 2. The predicted molar refractivity (Wildman–Crippen MR) is 69.4 cm³/mol. The van der Waals surface area contributed by atoms with Gasteiger partial charge in [-0.05, 0) is 12.1 Å². The molecule has 0 spiro atoms. The molecule has 20 heavy (non-hydrogen) atoms. The number of pyridine rings is 2. The van der Waals surface area contributed by atoms with E-state index in [2.05, 4.69) is 9.97 Å². The molecule has 4 rings (SSSR count). The highest BCUT2D eigenvalue weighted by Gasteiger charge is 2.20. The molecule has 4 heterocycles. The van der Waals surface area contributed by atoms with E-state index in [9.17, 15) is 0 Å². The minimum absolute atomic E-state index is 0.517. The number of nitrogens with zero attached hydrogens (tertiary/aromatic N) is 2. The summed E-state index contributed by atoms with van der Waals surface area (Å²) in [7, 11) is 0. The molecule has 0 amide bonds. The van der Waals surface area contributed by atoms with Crippen molar-refractivity contribution in [2.24, 2.45) is 0 Å². The Bertz CT molecular complexity index is 660. The predicted octanol–water partition coefficient (Wildman–Crippen LogP) is 1.69. The zero-order chi connectivity index (χ0) is 13.4. The van der Waals surface area contributed by atoms with E-state index in [0.29, 0.717) is 49.7 Å². The van der Waals surface area contributed by atoms with Gasteiger partial charge in [0, 0.05) is 23.5 Å². The second kappa shape index (κ2) is 4.56. The molecule has 6 nitrogen and oxygen atoms in total. The third-order valence-corrected chi connectivity index (χ3v) is 3.15. The van der Waals surface area contributed by atoms with Crippen LogP contribution in [0.25, 0.3) is 11.1 Å². The summed E-state index contributed by atoms with van der Waals surface area (Å²) in [6.07, 6.45) is 3.43. The van der Waals surface area contributed by atoms with Crippen molar-refractivity contribution in [2.45, 2.75) is 0 Å². The molecule has 0 atom stereocenters. The normalized spacial score (nSPS) is 15.8. The van der Waals surface area contributed by atoms with Crippen molar-refractivity contribution >= 4 is 0 Å². The molecule has 2 aliphatic rings. The second-order valence-corrected chi connectivity index (χ2v) is 4.41. The van der Waals surface area contributed by atoms with Crippen molar-refractivity contribution in [1.29, 1.82) is 0 Å². The maximum atomic E-state index is 5.67. The molecular weight excluding hydrogens is 260 g/mol. The average molecular weight is 272 g/mol. The Kier molecular flexibility index (Phi) is 2.58. The molecule has 0 N–H and O–H groups in total. The molecule has 0 fully saturated rings. The molecule has 0 radical (unpaired) electrons. The molecule has 2 aliphatic heterocycles. The lowest BCUT2D eigenvalue weighted by Crippen LogP contribution is -2.17. The van der Waals surface area contributed by atoms with Crippen LogP contribution in [0.2, 0.25) is 0 Å². The van der Waals surface area contributed by atoms with Gasteiger partial charge < -0.3 is 18.9 Å². The molecule has 0 saturated heterocycles. The van der Waals surface area contributed by atoms with Crippen molar-refractivity contribution in [1.82, 2.24) is 9.97 Å². The minimum Gasteiger partial charge on any atom is -0.484 e. The van der Waals surface area contributed by atoms with Crippen LogP contribution >= 0.6 is 0 Å². The maximum Gasteiger partial charge on any atom is 0.257 e. The molecule has 0 aliphatic carbocycles. The average Bonchev–Trinajstić information content (AvgIpc) is 2.54. The van der Waals surface area contributed by atoms with Crippen LogP contribution in [0.5, 0.6) is 23.3 Å². The lowest BCUT2D eigenvalue weighted by atomic mass is 10.1. The molecule has 2 aromatic rings. The lowest BCUT2D eigenvalue weighted by Gasteiger charge is -2.21. The summed E-state index contributed by atoms with van der Waals surface area (Å²) in [5, 5.41) is 0. The van der Waals surface area contributed by atoms with E-state index >= 15 is 0 Å². The fourth-order valence-electron chi connectivity index (χ4n) is 2.26. The lowest BCUT2D eigenvalue weighted by molar-refractivity contribution is 0.164. The van der Waals surface area contributed by atoms with Crippen LogP contribution in [0.1, 0.15) is 0 Å². The van der Waals surface area contributed by atoms with Crippen LogP contribution in [-0.4, -0.2) is 36.4 Å². The summed E-state index contributed by atoms with van der Waals surface area (Å²) < 4.78 is 22.1. The molecule has 102 valence electrons. The van der Waals surface area contributed by atoms with Crippen LogP contribution in [0.4, 0.5) is 0 Å². The Morgan fingerprint density at radius 2 is 1.65 bits per heavy atom. The Morgan fingerprint density at radius 3 is 2.60 bits per heavy atom. The largest absolute Gasteiger partial charge is 0.484 e. The summed E-state index contributed by atoms with van der Waals surface area (Å²) in [4.78, 5) is 8.45. The van der Waals surface area contributed by atoms with Crippen LogP contribution in [0.3, 0.4) is 0 Å². The Labute approximate surface area is 115 Å². The maximum absolute atomic E-state index is 5.67. The number of rotatable bonds is 1. The standard InChI is InChI=1S/C14H12N2O4/c1-2-15-14-12(18-4-6-20-14)10(1)9-7-11-13(16-8-9)19-5-3-17-11/h1-2,7-8H,3-6H2. The summed E-state index contributed by atoms with van der Waals surface area (Å²) in [6, 6.07) is 3.77. The summed E-state index contributed by atoms with van der Waals surface area (Å²) in [5.74, 6) is 2.34. The van der Waals surface area contributed by atoms with Crippen LogP contribution in [-0.2, 0) is 0 Å². The summed E-state index contributed by atoms with van der Waals surface area (Å²) in [6.45, 7) is 2.10. The van der Waals surface area contributed by atoms with Crippen LogP contribution in [0, 0.1) is 0 Å². The van der Waals surface area contributed by atoms with Crippen LogP contribution in [0.15, 0.2) is 24.5 Å². The van der Waals surface area contributed by atoms with E-state index in [1.54, 1.807) is 12.4 Å². The Hall–Kier alpha value is -2.50. The van der Waals surface area contributed by atoms with Crippen molar-refractivity contribution in [3.05, 3.63) is 24.5 Å². The van der Waals surface area contributed by atoms with Gasteiger partial charge in [-0.3, -0.25) is 0 Å². The third kappa shape index (κ3) is 1.80. The zero-order valence-electron chi connectivity index (χ0n) is 10.7. The van der Waals surface area contributed by atoms with Gasteiger partial charge in [-0.25, -0.2) is 9.97 Å². The van der Waals surface area contributed by atoms with Crippen molar-refractivity contribution in [2.75, 3.05) is 26.4 Å². The van der Waals surface area contributed by atoms with Crippen LogP contribution < -0.4 is 18.9 Å². The first-order valence-corrected chi connectivity index (χ1v) is 6.42. The summed E-state index contributed by atoms with van der Waals surface area (Å²) in [5.41, 5.74) is 1.78. The molecule has 2 aromatic heterocycles. The van der Waals surface area contributed by atoms with Gasteiger partial charge in [0.05, 0.1) is 0 Å². The van der Waals surface area contributed by atoms with Gasteiger partial charge >= 0.3 is 0 Å². The highest BCUT2D eigenvalue weighted by atomic mass is 16.6. The van der Waals surface area contributed by atoms with Gasteiger partial charge in [-0.1, -0.05) is 0 Å².